The van der Waals surface area contributed by atoms with Crippen molar-refractivity contribution in [2.24, 2.45) is 0 Å². The minimum absolute atomic E-state index is 0.0435. The van der Waals surface area contributed by atoms with Gasteiger partial charge in [-0.3, -0.25) is 4.79 Å². The predicted molar refractivity (Wildman–Crippen MR) is 89.6 cm³/mol. The van der Waals surface area contributed by atoms with Crippen molar-refractivity contribution in [3.05, 3.63) is 33.7 Å². The van der Waals surface area contributed by atoms with E-state index in [-0.39, 0.29) is 17.6 Å². The number of carbonyl (C=O) groups is 1. The Labute approximate surface area is 137 Å². The van der Waals surface area contributed by atoms with E-state index in [9.17, 15) is 9.59 Å². The van der Waals surface area contributed by atoms with Gasteiger partial charge in [0.05, 0.1) is 0 Å². The van der Waals surface area contributed by atoms with Crippen LogP contribution in [0.1, 0.15) is 57.8 Å². The summed E-state index contributed by atoms with van der Waals surface area (Å²) in [5.74, 6) is 0. The Morgan fingerprint density at radius 3 is 2.87 bits per heavy atom. The summed E-state index contributed by atoms with van der Waals surface area (Å²) in [6.45, 7) is 8.11. The normalized spacial score (nSPS) is 18.9. The third kappa shape index (κ3) is 5.39. The van der Waals surface area contributed by atoms with Gasteiger partial charge in [-0.25, -0.2) is 4.79 Å². The van der Waals surface area contributed by atoms with Gasteiger partial charge in [-0.05, 0) is 52.5 Å². The number of nitrogens with one attached hydrogen (secondary N) is 3. The van der Waals surface area contributed by atoms with E-state index in [0.29, 0.717) is 6.54 Å². The lowest BCUT2D eigenvalue weighted by molar-refractivity contribution is 0.0507. The predicted octanol–water partition coefficient (Wildman–Crippen LogP) is 2.26. The quantitative estimate of drug-likeness (QED) is 0.794. The van der Waals surface area contributed by atoms with Crippen LogP contribution in [-0.4, -0.2) is 29.3 Å². The Hall–Kier alpha value is -1.82. The monoisotopic (exact) mass is 321 g/mol. The van der Waals surface area contributed by atoms with Gasteiger partial charge in [0.2, 0.25) is 5.56 Å². The minimum atomic E-state index is -0.495. The van der Waals surface area contributed by atoms with Crippen LogP contribution in [0.3, 0.4) is 0 Å². The number of amides is 1. The van der Waals surface area contributed by atoms with Crippen molar-refractivity contribution < 1.29 is 9.53 Å². The van der Waals surface area contributed by atoms with Gasteiger partial charge in [0.25, 0.3) is 0 Å². The van der Waals surface area contributed by atoms with Crippen LogP contribution in [0.5, 0.6) is 0 Å². The van der Waals surface area contributed by atoms with Gasteiger partial charge in [0.15, 0.2) is 0 Å². The molecule has 1 aromatic heterocycles. The first-order valence-electron chi connectivity index (χ1n) is 8.19. The Kier molecular flexibility index (Phi) is 5.46. The average Bonchev–Trinajstić information content (AvgIpc) is 2.42. The van der Waals surface area contributed by atoms with Crippen molar-refractivity contribution in [2.75, 3.05) is 6.54 Å². The van der Waals surface area contributed by atoms with E-state index in [4.69, 9.17) is 4.74 Å². The lowest BCUT2D eigenvalue weighted by Crippen LogP contribution is -2.43. The molecular weight excluding hydrogens is 294 g/mol. The van der Waals surface area contributed by atoms with Gasteiger partial charge in [-0.2, -0.15) is 0 Å². The van der Waals surface area contributed by atoms with Crippen molar-refractivity contribution in [3.8, 4) is 0 Å². The van der Waals surface area contributed by atoms with Gasteiger partial charge >= 0.3 is 6.09 Å². The molecule has 2 atom stereocenters. The number of hydrogen-bond acceptors (Lipinski definition) is 4. The number of fused-ring (bicyclic) bond motifs is 1. The van der Waals surface area contributed by atoms with Crippen LogP contribution >= 0.6 is 0 Å². The highest BCUT2D eigenvalue weighted by Gasteiger charge is 2.22. The maximum absolute atomic E-state index is 11.8. The molecule has 1 heterocycles. The Bertz CT molecular complexity index is 604. The summed E-state index contributed by atoms with van der Waals surface area (Å²) < 4.78 is 5.25. The summed E-state index contributed by atoms with van der Waals surface area (Å²) in [4.78, 5) is 26.1. The maximum Gasteiger partial charge on any atom is 0.407 e. The van der Waals surface area contributed by atoms with Crippen LogP contribution in [-0.2, 0) is 11.2 Å². The summed E-state index contributed by atoms with van der Waals surface area (Å²) in [6, 6.07) is 3.63. The van der Waals surface area contributed by atoms with Crippen LogP contribution in [0.15, 0.2) is 16.9 Å². The number of H-pyrrole nitrogens is 1. The number of hydrogen-bond donors (Lipinski definition) is 3. The van der Waals surface area contributed by atoms with Crippen LogP contribution in [0.4, 0.5) is 4.79 Å². The lowest BCUT2D eigenvalue weighted by Gasteiger charge is -2.28. The molecule has 1 aromatic rings. The first kappa shape index (κ1) is 17.5. The topological polar surface area (TPSA) is 83.2 Å². The molecule has 6 heteroatoms. The number of pyridine rings is 1. The fraction of sp³-hybridized carbons (Fsp3) is 0.647. The third-order valence-electron chi connectivity index (χ3n) is 3.77. The first-order valence-corrected chi connectivity index (χ1v) is 8.19. The number of rotatable bonds is 4. The highest BCUT2D eigenvalue weighted by atomic mass is 16.6. The molecular formula is C17H27N3O3. The van der Waals surface area contributed by atoms with Gasteiger partial charge in [-0.1, -0.05) is 6.07 Å². The molecule has 1 aliphatic carbocycles. The molecule has 1 amide bonds. The molecule has 0 aromatic carbocycles. The summed E-state index contributed by atoms with van der Waals surface area (Å²) >= 11 is 0. The smallest absolute Gasteiger partial charge is 0.407 e. The van der Waals surface area contributed by atoms with E-state index in [1.165, 1.54) is 0 Å². The highest BCUT2D eigenvalue weighted by Crippen LogP contribution is 2.27. The zero-order valence-corrected chi connectivity index (χ0v) is 14.4. The van der Waals surface area contributed by atoms with E-state index >= 15 is 0 Å². The Morgan fingerprint density at radius 2 is 2.17 bits per heavy atom. The van der Waals surface area contributed by atoms with E-state index in [0.717, 1.165) is 30.5 Å². The second kappa shape index (κ2) is 7.17. The van der Waals surface area contributed by atoms with E-state index in [1.807, 2.05) is 33.8 Å². The van der Waals surface area contributed by atoms with Crippen LogP contribution in [0, 0.1) is 0 Å². The number of carbonyl (C=O) groups excluding carboxylic acids is 1. The minimum Gasteiger partial charge on any atom is -0.444 e. The standard InChI is InChI=1S/C17H27N3O3/c1-11(19-16(22)23-17(2,3)4)10-18-13-6-5-7-14-12(13)8-9-15(21)20-14/h8-9,11,13,18H,5-7,10H2,1-4H3,(H,19,22)(H,20,21). The number of alkyl carbamates (subject to hydrolysis) is 1. The van der Waals surface area contributed by atoms with Gasteiger partial charge < -0.3 is 20.4 Å². The molecule has 6 nitrogen and oxygen atoms in total. The van der Waals surface area contributed by atoms with Gasteiger partial charge in [-0.15, -0.1) is 0 Å². The largest absolute Gasteiger partial charge is 0.444 e. The van der Waals surface area contributed by atoms with E-state index in [1.54, 1.807) is 6.07 Å². The molecule has 3 N–H and O–H groups in total. The summed E-state index contributed by atoms with van der Waals surface area (Å²) in [6.07, 6.45) is 2.58. The fourth-order valence-corrected chi connectivity index (χ4v) is 2.79. The molecule has 0 bridgehead atoms. The van der Waals surface area contributed by atoms with E-state index < -0.39 is 11.7 Å². The Morgan fingerprint density at radius 1 is 1.43 bits per heavy atom. The summed E-state index contributed by atoms with van der Waals surface area (Å²) in [7, 11) is 0. The molecule has 128 valence electrons. The second-order valence-electron chi connectivity index (χ2n) is 7.16. The van der Waals surface area contributed by atoms with Crippen LogP contribution < -0.4 is 16.2 Å². The molecule has 0 fully saturated rings. The van der Waals surface area contributed by atoms with Crippen LogP contribution in [0.2, 0.25) is 0 Å². The van der Waals surface area contributed by atoms with Crippen molar-refractivity contribution in [2.45, 2.75) is 64.6 Å². The molecule has 2 unspecified atom stereocenters. The third-order valence-corrected chi connectivity index (χ3v) is 3.77. The number of ether oxygens (including phenoxy) is 1. The van der Waals surface area contributed by atoms with Gasteiger partial charge in [0, 0.05) is 30.4 Å². The molecule has 0 saturated heterocycles. The SMILES string of the molecule is CC(CNC1CCCc2[nH]c(=O)ccc21)NC(=O)OC(C)(C)C. The zero-order chi connectivity index (χ0) is 17.0. The number of aromatic nitrogens is 1. The summed E-state index contributed by atoms with van der Waals surface area (Å²) in [5, 5.41) is 6.30. The molecule has 0 aliphatic heterocycles. The average molecular weight is 321 g/mol. The lowest BCUT2D eigenvalue weighted by atomic mass is 9.91. The molecule has 0 radical (unpaired) electrons. The van der Waals surface area contributed by atoms with Crippen molar-refractivity contribution in [3.63, 3.8) is 0 Å². The molecule has 23 heavy (non-hydrogen) atoms. The second-order valence-corrected chi connectivity index (χ2v) is 7.16. The van der Waals surface area contributed by atoms with Crippen molar-refractivity contribution in [1.82, 2.24) is 15.6 Å². The molecule has 0 spiro atoms. The number of aryl methyl sites for hydroxylation is 1. The van der Waals surface area contributed by atoms with E-state index in [2.05, 4.69) is 15.6 Å². The van der Waals surface area contributed by atoms with Crippen LogP contribution in [0.25, 0.3) is 0 Å². The Balaban J connectivity index is 1.87. The van der Waals surface area contributed by atoms with Crippen molar-refractivity contribution >= 4 is 6.09 Å². The molecule has 2 rings (SSSR count). The fourth-order valence-electron chi connectivity index (χ4n) is 2.79. The number of aromatic amines is 1. The maximum atomic E-state index is 11.8. The molecule has 1 aliphatic rings. The molecule has 0 saturated carbocycles. The summed E-state index contributed by atoms with van der Waals surface area (Å²) in [5.41, 5.74) is 1.63. The highest BCUT2D eigenvalue weighted by molar-refractivity contribution is 5.68. The first-order chi connectivity index (χ1) is 10.7. The van der Waals surface area contributed by atoms with Crippen molar-refractivity contribution in [1.29, 1.82) is 0 Å². The zero-order valence-electron chi connectivity index (χ0n) is 14.4. The van der Waals surface area contributed by atoms with Gasteiger partial charge in [0.1, 0.15) is 5.60 Å².